The summed E-state index contributed by atoms with van der Waals surface area (Å²) >= 11 is 0. The Morgan fingerprint density at radius 1 is 1.25 bits per heavy atom. The Kier molecular flexibility index (Phi) is 1.74. The molecule has 0 aliphatic carbocycles. The van der Waals surface area contributed by atoms with Gasteiger partial charge in [-0.3, -0.25) is 9.98 Å². The van der Waals surface area contributed by atoms with E-state index < -0.39 is 0 Å². The van der Waals surface area contributed by atoms with Gasteiger partial charge < -0.3 is 0 Å². The average Bonchev–Trinajstić information content (AvgIpc) is 2.28. The van der Waals surface area contributed by atoms with Crippen LogP contribution in [0.1, 0.15) is 11.1 Å². The highest BCUT2D eigenvalue weighted by Crippen LogP contribution is 2.21. The Hall–Kier alpha value is -1.44. The van der Waals surface area contributed by atoms with E-state index in [1.807, 2.05) is 6.07 Å². The van der Waals surface area contributed by atoms with E-state index in [4.69, 9.17) is 0 Å². The third kappa shape index (κ3) is 1.28. The summed E-state index contributed by atoms with van der Waals surface area (Å²) in [5, 5.41) is 0. The van der Waals surface area contributed by atoms with E-state index in [-0.39, 0.29) is 0 Å². The third-order valence-corrected chi connectivity index (χ3v) is 1.88. The summed E-state index contributed by atoms with van der Waals surface area (Å²) in [7, 11) is 0. The number of hydrogen-bond donors (Lipinski definition) is 0. The summed E-state index contributed by atoms with van der Waals surface area (Å²) in [5.74, 6) is 0. The van der Waals surface area contributed by atoms with Gasteiger partial charge in [-0.1, -0.05) is 17.7 Å². The SMILES string of the molecule is Cc1ccc2c(c1)CN=CC=N2. The first-order valence-corrected chi connectivity index (χ1v) is 3.98. The minimum absolute atomic E-state index is 0.747. The molecule has 0 amide bonds. The maximum absolute atomic E-state index is 4.25. The number of nitrogens with zero attached hydrogens (tertiary/aromatic N) is 2. The summed E-state index contributed by atoms with van der Waals surface area (Å²) in [6.45, 7) is 2.83. The van der Waals surface area contributed by atoms with Crippen LogP contribution < -0.4 is 0 Å². The van der Waals surface area contributed by atoms with Gasteiger partial charge in [0.05, 0.1) is 12.2 Å². The number of aryl methyl sites for hydroxylation is 1. The zero-order chi connectivity index (χ0) is 8.39. The highest BCUT2D eigenvalue weighted by molar-refractivity contribution is 6.17. The van der Waals surface area contributed by atoms with Gasteiger partial charge in [0.1, 0.15) is 0 Å². The van der Waals surface area contributed by atoms with Gasteiger partial charge in [0.2, 0.25) is 0 Å². The topological polar surface area (TPSA) is 24.7 Å². The molecule has 1 aromatic rings. The minimum atomic E-state index is 0.747. The van der Waals surface area contributed by atoms with Crippen LogP contribution in [-0.2, 0) is 6.54 Å². The van der Waals surface area contributed by atoms with Gasteiger partial charge in [-0.05, 0) is 18.6 Å². The summed E-state index contributed by atoms with van der Waals surface area (Å²) in [6.07, 6.45) is 3.48. The van der Waals surface area contributed by atoms with Gasteiger partial charge in [0.15, 0.2) is 0 Å². The smallest absolute Gasteiger partial charge is 0.0681 e. The standard InChI is InChI=1S/C10H10N2/c1-8-2-3-10-9(6-8)7-11-4-5-12-10/h2-6H,7H2,1H3. The van der Waals surface area contributed by atoms with Crippen molar-refractivity contribution in [1.29, 1.82) is 0 Å². The zero-order valence-corrected chi connectivity index (χ0v) is 6.99. The molecule has 0 atom stereocenters. The fourth-order valence-corrected chi connectivity index (χ4v) is 1.28. The van der Waals surface area contributed by atoms with Crippen LogP contribution in [0, 0.1) is 6.92 Å². The molecule has 1 aromatic carbocycles. The second-order valence-electron chi connectivity index (χ2n) is 2.90. The molecule has 1 aliphatic rings. The summed E-state index contributed by atoms with van der Waals surface area (Å²) in [5.41, 5.74) is 3.51. The van der Waals surface area contributed by atoms with E-state index in [1.165, 1.54) is 11.1 Å². The summed E-state index contributed by atoms with van der Waals surface area (Å²) in [4.78, 5) is 8.43. The van der Waals surface area contributed by atoms with E-state index in [9.17, 15) is 0 Å². The molecule has 0 saturated heterocycles. The molecule has 2 heteroatoms. The molecule has 0 spiro atoms. The maximum atomic E-state index is 4.25. The predicted octanol–water partition coefficient (Wildman–Crippen LogP) is 2.28. The van der Waals surface area contributed by atoms with Crippen molar-refractivity contribution in [1.82, 2.24) is 0 Å². The van der Waals surface area contributed by atoms with Crippen molar-refractivity contribution in [3.63, 3.8) is 0 Å². The summed E-state index contributed by atoms with van der Waals surface area (Å²) < 4.78 is 0. The Balaban J connectivity index is 2.53. The maximum Gasteiger partial charge on any atom is 0.0681 e. The number of benzene rings is 1. The van der Waals surface area contributed by atoms with Crippen molar-refractivity contribution >= 4 is 18.1 Å². The van der Waals surface area contributed by atoms with Crippen molar-refractivity contribution < 1.29 is 0 Å². The molecule has 0 unspecified atom stereocenters. The second-order valence-corrected chi connectivity index (χ2v) is 2.90. The van der Waals surface area contributed by atoms with Gasteiger partial charge in [0, 0.05) is 12.4 Å². The van der Waals surface area contributed by atoms with Crippen LogP contribution in [0.15, 0.2) is 28.2 Å². The molecule has 2 nitrogen and oxygen atoms in total. The first-order valence-electron chi connectivity index (χ1n) is 3.98. The minimum Gasteiger partial charge on any atom is -0.287 e. The van der Waals surface area contributed by atoms with E-state index in [0.29, 0.717) is 0 Å². The Labute approximate surface area is 71.7 Å². The first kappa shape index (κ1) is 7.22. The van der Waals surface area contributed by atoms with Gasteiger partial charge >= 0.3 is 0 Å². The molecule has 1 heterocycles. The van der Waals surface area contributed by atoms with E-state index in [0.717, 1.165) is 12.2 Å². The second kappa shape index (κ2) is 2.89. The normalized spacial score (nSPS) is 14.1. The van der Waals surface area contributed by atoms with E-state index in [1.54, 1.807) is 12.4 Å². The molecule has 0 fully saturated rings. The van der Waals surface area contributed by atoms with Crippen molar-refractivity contribution in [2.75, 3.05) is 0 Å². The van der Waals surface area contributed by atoms with Gasteiger partial charge in [-0.2, -0.15) is 0 Å². The Morgan fingerprint density at radius 2 is 2.17 bits per heavy atom. The third-order valence-electron chi connectivity index (χ3n) is 1.88. The summed E-state index contributed by atoms with van der Waals surface area (Å²) in [6, 6.07) is 6.24. The molecule has 60 valence electrons. The number of aliphatic imine (C=N–C) groups is 2. The fraction of sp³-hybridized carbons (Fsp3) is 0.200. The van der Waals surface area contributed by atoms with Gasteiger partial charge in [0.25, 0.3) is 0 Å². The van der Waals surface area contributed by atoms with Crippen LogP contribution in [-0.4, -0.2) is 12.4 Å². The molecular weight excluding hydrogens is 148 g/mol. The van der Waals surface area contributed by atoms with Crippen LogP contribution in [0.5, 0.6) is 0 Å². The molecule has 0 radical (unpaired) electrons. The quantitative estimate of drug-likeness (QED) is 0.553. The van der Waals surface area contributed by atoms with Crippen LogP contribution >= 0.6 is 0 Å². The Morgan fingerprint density at radius 3 is 3.08 bits per heavy atom. The lowest BCUT2D eigenvalue weighted by atomic mass is 10.1. The molecule has 1 aliphatic heterocycles. The molecule has 12 heavy (non-hydrogen) atoms. The van der Waals surface area contributed by atoms with Crippen LogP contribution in [0.25, 0.3) is 0 Å². The molecule has 0 saturated carbocycles. The van der Waals surface area contributed by atoms with Crippen LogP contribution in [0.2, 0.25) is 0 Å². The zero-order valence-electron chi connectivity index (χ0n) is 6.99. The lowest BCUT2D eigenvalue weighted by Crippen LogP contribution is -1.82. The first-order chi connectivity index (χ1) is 5.86. The number of rotatable bonds is 0. The highest BCUT2D eigenvalue weighted by Gasteiger charge is 2.01. The van der Waals surface area contributed by atoms with Gasteiger partial charge in [-0.15, -0.1) is 0 Å². The average molecular weight is 158 g/mol. The molecule has 2 rings (SSSR count). The lowest BCUT2D eigenvalue weighted by molar-refractivity contribution is 1.08. The van der Waals surface area contributed by atoms with Crippen molar-refractivity contribution in [2.24, 2.45) is 9.98 Å². The van der Waals surface area contributed by atoms with Crippen LogP contribution in [0.3, 0.4) is 0 Å². The Bertz CT molecular complexity index is 351. The number of fused-ring (bicyclic) bond motifs is 1. The predicted molar refractivity (Wildman–Crippen MR) is 51.5 cm³/mol. The molecule has 0 N–H and O–H groups in total. The fourth-order valence-electron chi connectivity index (χ4n) is 1.28. The highest BCUT2D eigenvalue weighted by atomic mass is 14.8. The van der Waals surface area contributed by atoms with Crippen molar-refractivity contribution in [3.05, 3.63) is 29.3 Å². The van der Waals surface area contributed by atoms with Gasteiger partial charge in [-0.25, -0.2) is 0 Å². The van der Waals surface area contributed by atoms with Crippen molar-refractivity contribution in [2.45, 2.75) is 13.5 Å². The molecule has 0 aromatic heterocycles. The van der Waals surface area contributed by atoms with Crippen molar-refractivity contribution in [3.8, 4) is 0 Å². The largest absolute Gasteiger partial charge is 0.287 e. The lowest BCUT2D eigenvalue weighted by Gasteiger charge is -2.01. The van der Waals surface area contributed by atoms with E-state index >= 15 is 0 Å². The monoisotopic (exact) mass is 158 g/mol. The molecular formula is C10H10N2. The van der Waals surface area contributed by atoms with E-state index in [2.05, 4.69) is 29.0 Å². The molecule has 0 bridgehead atoms. The van der Waals surface area contributed by atoms with Crippen LogP contribution in [0.4, 0.5) is 5.69 Å². The number of hydrogen-bond acceptors (Lipinski definition) is 2.